The van der Waals surface area contributed by atoms with Crippen LogP contribution in [0.4, 0.5) is 0 Å². The first kappa shape index (κ1) is 38.5. The molecule has 3 aromatic rings. The summed E-state index contributed by atoms with van der Waals surface area (Å²) >= 11 is 6.48. The van der Waals surface area contributed by atoms with Gasteiger partial charge in [-0.25, -0.2) is 0 Å². The normalized spacial score (nSPS) is 11.2. The van der Waals surface area contributed by atoms with Gasteiger partial charge in [0.15, 0.2) is 0 Å². The van der Waals surface area contributed by atoms with Crippen molar-refractivity contribution in [3.8, 4) is 11.5 Å². The third-order valence-electron chi connectivity index (χ3n) is 8.45. The Morgan fingerprint density at radius 2 is 0.936 bits per heavy atom. The van der Waals surface area contributed by atoms with Gasteiger partial charge >= 0.3 is 11.9 Å². The quantitative estimate of drug-likeness (QED) is 0.0481. The molecule has 0 saturated heterocycles. The minimum Gasteiger partial charge on any atom is -0.492 e. The molecule has 3 aromatic carbocycles. The molecule has 0 saturated carbocycles. The molecule has 0 aliphatic rings. The van der Waals surface area contributed by atoms with Gasteiger partial charge in [-0.1, -0.05) is 114 Å². The van der Waals surface area contributed by atoms with Crippen LogP contribution in [0.25, 0.3) is 21.5 Å². The lowest BCUT2D eigenvalue weighted by Crippen LogP contribution is -2.05. The summed E-state index contributed by atoms with van der Waals surface area (Å²) in [5.74, 6) is 1.62. The Labute approximate surface area is 287 Å². The molecule has 6 nitrogen and oxygen atoms in total. The molecule has 0 atom stereocenters. The molecule has 0 bridgehead atoms. The second-order valence-electron chi connectivity index (χ2n) is 12.5. The zero-order valence-corrected chi connectivity index (χ0v) is 29.7. The Hall–Kier alpha value is -2.99. The number of unbranched alkanes of at least 4 members (excludes halogenated alkanes) is 12. The highest BCUT2D eigenvalue weighted by molar-refractivity contribution is 6.31. The van der Waals surface area contributed by atoms with Crippen LogP contribution in [0.15, 0.2) is 42.5 Å². The van der Waals surface area contributed by atoms with Gasteiger partial charge in [0.25, 0.3) is 0 Å². The molecular weight excluding hydrogens is 612 g/mol. The summed E-state index contributed by atoms with van der Waals surface area (Å²) in [6.45, 7) is 6.56. The van der Waals surface area contributed by atoms with Crippen molar-refractivity contribution in [2.75, 3.05) is 26.4 Å². The molecule has 0 spiro atoms. The van der Waals surface area contributed by atoms with Crippen molar-refractivity contribution < 1.29 is 28.5 Å². The van der Waals surface area contributed by atoms with E-state index in [4.69, 9.17) is 30.5 Å². The van der Waals surface area contributed by atoms with Crippen LogP contribution in [-0.2, 0) is 19.1 Å². The zero-order valence-electron chi connectivity index (χ0n) is 28.9. The van der Waals surface area contributed by atoms with Gasteiger partial charge in [-0.05, 0) is 56.7 Å². The van der Waals surface area contributed by atoms with Crippen molar-refractivity contribution in [3.63, 3.8) is 0 Å². The molecule has 0 aromatic heterocycles. The van der Waals surface area contributed by atoms with Gasteiger partial charge in [0, 0.05) is 39.4 Å². The van der Waals surface area contributed by atoms with Crippen molar-refractivity contribution in [2.45, 2.75) is 129 Å². The van der Waals surface area contributed by atoms with Crippen molar-refractivity contribution in [1.82, 2.24) is 0 Å². The summed E-state index contributed by atoms with van der Waals surface area (Å²) in [5.41, 5.74) is 0. The highest BCUT2D eigenvalue weighted by atomic mass is 35.5. The third-order valence-corrected chi connectivity index (χ3v) is 8.69. The number of rotatable bonds is 26. The number of ether oxygens (including phenoxy) is 4. The lowest BCUT2D eigenvalue weighted by Gasteiger charge is -2.18. The van der Waals surface area contributed by atoms with E-state index in [1.54, 1.807) is 0 Å². The highest BCUT2D eigenvalue weighted by Gasteiger charge is 2.16. The Balaban J connectivity index is 1.44. The number of hydrogen-bond donors (Lipinski definition) is 0. The van der Waals surface area contributed by atoms with Crippen molar-refractivity contribution in [1.29, 1.82) is 0 Å². The summed E-state index contributed by atoms with van der Waals surface area (Å²) in [4.78, 5) is 23.5. The Morgan fingerprint density at radius 3 is 1.43 bits per heavy atom. The summed E-state index contributed by atoms with van der Waals surface area (Å²) in [6.07, 6.45) is 17.5. The van der Waals surface area contributed by atoms with E-state index in [2.05, 4.69) is 26.0 Å². The highest BCUT2D eigenvalue weighted by Crippen LogP contribution is 2.43. The predicted octanol–water partition coefficient (Wildman–Crippen LogP) is 11.6. The number of carbonyl (C=O) groups excluding carboxylic acids is 2. The maximum absolute atomic E-state index is 11.8. The molecule has 0 amide bonds. The van der Waals surface area contributed by atoms with Gasteiger partial charge in [-0.3, -0.25) is 9.59 Å². The summed E-state index contributed by atoms with van der Waals surface area (Å²) < 4.78 is 23.4. The summed E-state index contributed by atoms with van der Waals surface area (Å²) in [7, 11) is 0. The van der Waals surface area contributed by atoms with E-state index >= 15 is 0 Å². The van der Waals surface area contributed by atoms with E-state index in [0.29, 0.717) is 44.3 Å². The van der Waals surface area contributed by atoms with Crippen LogP contribution in [-0.4, -0.2) is 38.4 Å². The van der Waals surface area contributed by atoms with E-state index < -0.39 is 0 Å². The average molecular weight is 669 g/mol. The fourth-order valence-corrected chi connectivity index (χ4v) is 5.87. The minimum absolute atomic E-state index is 0.0645. The second kappa shape index (κ2) is 23.4. The topological polar surface area (TPSA) is 71.1 Å². The van der Waals surface area contributed by atoms with Crippen LogP contribution in [0.5, 0.6) is 11.5 Å². The standard InChI is InChI=1S/C40H57ClO6/c1-3-5-27-44-37(42)23-15-11-7-9-13-19-29-46-39-33-21-17-18-22-34(33)40(36-31-32(41)25-26-35(36)39)47-30-20-14-10-8-12-16-24-38(43)45-28-6-4-2/h17-18,21-22,25-26,31H,3-16,19-20,23-24,27-30H2,1-2H3. The van der Waals surface area contributed by atoms with E-state index in [1.807, 2.05) is 30.3 Å². The van der Waals surface area contributed by atoms with Gasteiger partial charge in [0.2, 0.25) is 0 Å². The first-order valence-electron chi connectivity index (χ1n) is 18.3. The largest absolute Gasteiger partial charge is 0.492 e. The molecule has 260 valence electrons. The predicted molar refractivity (Wildman–Crippen MR) is 194 cm³/mol. The molecule has 0 unspecified atom stereocenters. The summed E-state index contributed by atoms with van der Waals surface area (Å²) in [6, 6.07) is 14.2. The van der Waals surface area contributed by atoms with Gasteiger partial charge in [-0.15, -0.1) is 0 Å². The van der Waals surface area contributed by atoms with Crippen LogP contribution >= 0.6 is 11.6 Å². The monoisotopic (exact) mass is 668 g/mol. The number of carbonyl (C=O) groups is 2. The number of fused-ring (bicyclic) bond motifs is 2. The molecule has 0 N–H and O–H groups in total. The van der Waals surface area contributed by atoms with Gasteiger partial charge in [0.1, 0.15) is 11.5 Å². The first-order valence-corrected chi connectivity index (χ1v) is 18.6. The smallest absolute Gasteiger partial charge is 0.305 e. The molecule has 0 aliphatic carbocycles. The second-order valence-corrected chi connectivity index (χ2v) is 12.9. The first-order chi connectivity index (χ1) is 23.0. The lowest BCUT2D eigenvalue weighted by atomic mass is 10.0. The van der Waals surface area contributed by atoms with Gasteiger partial charge < -0.3 is 18.9 Å². The molecule has 0 radical (unpaired) electrons. The molecule has 47 heavy (non-hydrogen) atoms. The van der Waals surface area contributed by atoms with Crippen LogP contribution in [0, 0.1) is 0 Å². The molecular formula is C40H57ClO6. The SMILES string of the molecule is CCCCOC(=O)CCCCCCCCOc1c2ccccc2c(OCCCCCCCCC(=O)OCCCC)c2cc(Cl)ccc12. The van der Waals surface area contributed by atoms with E-state index in [0.717, 1.165) is 136 Å². The zero-order chi connectivity index (χ0) is 33.5. The lowest BCUT2D eigenvalue weighted by molar-refractivity contribution is -0.144. The van der Waals surface area contributed by atoms with Crippen molar-refractivity contribution >= 4 is 45.1 Å². The number of hydrogen-bond acceptors (Lipinski definition) is 6. The van der Waals surface area contributed by atoms with Crippen LogP contribution in [0.3, 0.4) is 0 Å². The fourth-order valence-electron chi connectivity index (χ4n) is 5.69. The van der Waals surface area contributed by atoms with Crippen LogP contribution < -0.4 is 9.47 Å². The molecule has 7 heteroatoms. The Morgan fingerprint density at radius 1 is 0.511 bits per heavy atom. The molecule has 0 aliphatic heterocycles. The van der Waals surface area contributed by atoms with E-state index in [-0.39, 0.29) is 11.9 Å². The molecule has 0 heterocycles. The van der Waals surface area contributed by atoms with Crippen LogP contribution in [0.2, 0.25) is 5.02 Å². The molecule has 3 rings (SSSR count). The van der Waals surface area contributed by atoms with Gasteiger partial charge in [0.05, 0.1) is 26.4 Å². The average Bonchev–Trinajstić information content (AvgIpc) is 3.07. The minimum atomic E-state index is -0.0656. The van der Waals surface area contributed by atoms with E-state index in [9.17, 15) is 9.59 Å². The fraction of sp³-hybridized carbons (Fsp3) is 0.600. The van der Waals surface area contributed by atoms with Crippen molar-refractivity contribution in [3.05, 3.63) is 47.5 Å². The maximum atomic E-state index is 11.8. The Bertz CT molecular complexity index is 1340. The molecule has 0 fully saturated rings. The Kier molecular flexibility index (Phi) is 19.1. The number of benzene rings is 3. The van der Waals surface area contributed by atoms with Crippen LogP contribution in [0.1, 0.15) is 129 Å². The van der Waals surface area contributed by atoms with Gasteiger partial charge in [-0.2, -0.15) is 0 Å². The van der Waals surface area contributed by atoms with E-state index in [1.165, 1.54) is 0 Å². The van der Waals surface area contributed by atoms with Crippen molar-refractivity contribution in [2.24, 2.45) is 0 Å². The summed E-state index contributed by atoms with van der Waals surface area (Å²) in [5, 5.41) is 4.76. The number of halogens is 1. The maximum Gasteiger partial charge on any atom is 0.305 e. The third kappa shape index (κ3) is 14.3. The number of esters is 2.